The molecular formula is C16H18ClN3OS2. The molecule has 3 rings (SSSR count). The van der Waals surface area contributed by atoms with Crippen LogP contribution in [0.3, 0.4) is 0 Å². The van der Waals surface area contributed by atoms with Gasteiger partial charge in [-0.05, 0) is 31.4 Å². The standard InChI is InChI=1S/C16H18ClN3OS2/c17-14-13(10-19-12-8-4-5-9-18-15(12)21)23-16(20-14)22-11-6-2-1-3-7-11/h1-3,6-7,12,19H,4-5,8-10H2,(H,18,21). The molecule has 0 saturated carbocycles. The molecule has 1 unspecified atom stereocenters. The maximum absolute atomic E-state index is 11.9. The smallest absolute Gasteiger partial charge is 0.237 e. The number of nitrogens with zero attached hydrogens (tertiary/aromatic N) is 1. The molecule has 2 N–H and O–H groups in total. The summed E-state index contributed by atoms with van der Waals surface area (Å²) in [7, 11) is 0. The van der Waals surface area contributed by atoms with Gasteiger partial charge >= 0.3 is 0 Å². The van der Waals surface area contributed by atoms with E-state index in [4.69, 9.17) is 11.6 Å². The molecule has 1 aromatic heterocycles. The fraction of sp³-hybridized carbons (Fsp3) is 0.375. The number of carbonyl (C=O) groups is 1. The van der Waals surface area contributed by atoms with Crippen LogP contribution in [0.4, 0.5) is 0 Å². The maximum Gasteiger partial charge on any atom is 0.237 e. The molecule has 2 heterocycles. The van der Waals surface area contributed by atoms with E-state index < -0.39 is 0 Å². The summed E-state index contributed by atoms with van der Waals surface area (Å²) in [5.74, 6) is 0.0852. The molecule has 23 heavy (non-hydrogen) atoms. The van der Waals surface area contributed by atoms with Crippen molar-refractivity contribution in [3.63, 3.8) is 0 Å². The Morgan fingerprint density at radius 1 is 1.35 bits per heavy atom. The van der Waals surface area contributed by atoms with Crippen LogP contribution in [0.5, 0.6) is 0 Å². The Labute approximate surface area is 149 Å². The van der Waals surface area contributed by atoms with Crippen molar-refractivity contribution in [3.05, 3.63) is 40.4 Å². The van der Waals surface area contributed by atoms with Gasteiger partial charge in [-0.25, -0.2) is 4.98 Å². The molecule has 0 spiro atoms. The van der Waals surface area contributed by atoms with E-state index in [1.165, 1.54) is 0 Å². The summed E-state index contributed by atoms with van der Waals surface area (Å²) in [5, 5.41) is 6.77. The summed E-state index contributed by atoms with van der Waals surface area (Å²) < 4.78 is 0.920. The molecule has 0 aliphatic carbocycles. The molecule has 1 fully saturated rings. The third kappa shape index (κ3) is 4.70. The molecule has 0 bridgehead atoms. The number of aromatic nitrogens is 1. The Kier molecular flexibility index (Phi) is 5.94. The molecule has 1 amide bonds. The van der Waals surface area contributed by atoms with Gasteiger partial charge in [0.2, 0.25) is 5.91 Å². The summed E-state index contributed by atoms with van der Waals surface area (Å²) in [6.07, 6.45) is 2.97. The zero-order chi connectivity index (χ0) is 16.1. The Balaban J connectivity index is 1.61. The van der Waals surface area contributed by atoms with Crippen LogP contribution in [-0.4, -0.2) is 23.5 Å². The summed E-state index contributed by atoms with van der Waals surface area (Å²) >= 11 is 9.42. The number of nitrogens with one attached hydrogen (secondary N) is 2. The number of hydrogen-bond donors (Lipinski definition) is 2. The van der Waals surface area contributed by atoms with Crippen LogP contribution in [0, 0.1) is 0 Å². The average molecular weight is 368 g/mol. The normalized spacial score (nSPS) is 18.5. The number of benzene rings is 1. The van der Waals surface area contributed by atoms with Gasteiger partial charge in [0.15, 0.2) is 4.34 Å². The summed E-state index contributed by atoms with van der Waals surface area (Å²) in [4.78, 5) is 18.5. The van der Waals surface area contributed by atoms with Crippen molar-refractivity contribution in [2.24, 2.45) is 0 Å². The van der Waals surface area contributed by atoms with Gasteiger partial charge in [-0.3, -0.25) is 4.79 Å². The van der Waals surface area contributed by atoms with Gasteiger partial charge in [0.25, 0.3) is 0 Å². The van der Waals surface area contributed by atoms with Crippen LogP contribution in [0.1, 0.15) is 24.1 Å². The fourth-order valence-corrected chi connectivity index (χ4v) is 4.79. The number of carbonyl (C=O) groups excluding carboxylic acids is 1. The minimum absolute atomic E-state index is 0.0852. The zero-order valence-corrected chi connectivity index (χ0v) is 14.9. The van der Waals surface area contributed by atoms with Gasteiger partial charge < -0.3 is 10.6 Å². The molecule has 1 aromatic carbocycles. The lowest BCUT2D eigenvalue weighted by Gasteiger charge is -2.14. The third-order valence-electron chi connectivity index (χ3n) is 3.62. The largest absolute Gasteiger partial charge is 0.355 e. The van der Waals surface area contributed by atoms with Crippen molar-refractivity contribution >= 4 is 40.6 Å². The maximum atomic E-state index is 11.9. The van der Waals surface area contributed by atoms with Crippen molar-refractivity contribution in [2.45, 2.75) is 41.1 Å². The fourth-order valence-electron chi connectivity index (χ4n) is 2.40. The minimum Gasteiger partial charge on any atom is -0.355 e. The number of amides is 1. The highest BCUT2D eigenvalue weighted by Crippen LogP contribution is 2.34. The van der Waals surface area contributed by atoms with Gasteiger partial charge in [-0.15, -0.1) is 11.3 Å². The summed E-state index contributed by atoms with van der Waals surface area (Å²) in [5.41, 5.74) is 0. The van der Waals surface area contributed by atoms with Crippen molar-refractivity contribution < 1.29 is 4.79 Å². The average Bonchev–Trinajstić information content (AvgIpc) is 2.76. The molecule has 7 heteroatoms. The van der Waals surface area contributed by atoms with Gasteiger partial charge in [0.05, 0.1) is 10.9 Å². The van der Waals surface area contributed by atoms with Gasteiger partial charge in [-0.1, -0.05) is 41.6 Å². The van der Waals surface area contributed by atoms with Crippen LogP contribution in [0.15, 0.2) is 39.6 Å². The van der Waals surface area contributed by atoms with Gasteiger partial charge in [0.1, 0.15) is 5.15 Å². The second-order valence-corrected chi connectivity index (χ2v) is 8.09. The monoisotopic (exact) mass is 367 g/mol. The number of halogens is 1. The van der Waals surface area contributed by atoms with Crippen molar-refractivity contribution in [3.8, 4) is 0 Å². The minimum atomic E-state index is -0.138. The van der Waals surface area contributed by atoms with E-state index in [1.54, 1.807) is 23.1 Å². The first-order valence-corrected chi connectivity index (χ1v) is 9.62. The van der Waals surface area contributed by atoms with E-state index in [-0.39, 0.29) is 11.9 Å². The Hall–Kier alpha value is -1.08. The Bertz CT molecular complexity index is 663. The van der Waals surface area contributed by atoms with Crippen LogP contribution in [0.25, 0.3) is 0 Å². The van der Waals surface area contributed by atoms with Crippen molar-refractivity contribution in [1.82, 2.24) is 15.6 Å². The Morgan fingerprint density at radius 2 is 2.17 bits per heavy atom. The highest BCUT2D eigenvalue weighted by Gasteiger charge is 2.21. The molecule has 1 atom stereocenters. The molecule has 1 aliphatic heterocycles. The summed E-state index contributed by atoms with van der Waals surface area (Å²) in [6.45, 7) is 1.35. The predicted octanol–water partition coefficient (Wildman–Crippen LogP) is 3.71. The molecule has 122 valence electrons. The van der Waals surface area contributed by atoms with Crippen LogP contribution in [0.2, 0.25) is 5.15 Å². The topological polar surface area (TPSA) is 54.0 Å². The lowest BCUT2D eigenvalue weighted by atomic mass is 10.1. The van der Waals surface area contributed by atoms with Crippen LogP contribution >= 0.6 is 34.7 Å². The SMILES string of the molecule is O=C1NCCCCC1NCc1sc(Sc2ccccc2)nc1Cl. The first-order chi connectivity index (χ1) is 11.2. The van der Waals surface area contributed by atoms with E-state index >= 15 is 0 Å². The van der Waals surface area contributed by atoms with E-state index in [0.717, 1.165) is 39.9 Å². The van der Waals surface area contributed by atoms with Crippen LogP contribution in [-0.2, 0) is 11.3 Å². The lowest BCUT2D eigenvalue weighted by molar-refractivity contribution is -0.122. The quantitative estimate of drug-likeness (QED) is 0.845. The van der Waals surface area contributed by atoms with E-state index in [2.05, 4.69) is 15.6 Å². The van der Waals surface area contributed by atoms with E-state index in [9.17, 15) is 4.79 Å². The second kappa shape index (κ2) is 8.15. The highest BCUT2D eigenvalue weighted by molar-refractivity contribution is 8.01. The first kappa shape index (κ1) is 16.8. The van der Waals surface area contributed by atoms with Crippen LogP contribution < -0.4 is 10.6 Å². The zero-order valence-electron chi connectivity index (χ0n) is 12.5. The predicted molar refractivity (Wildman–Crippen MR) is 95.2 cm³/mol. The summed E-state index contributed by atoms with van der Waals surface area (Å²) in [6, 6.07) is 9.96. The van der Waals surface area contributed by atoms with Gasteiger partial charge in [0, 0.05) is 18.0 Å². The third-order valence-corrected chi connectivity index (χ3v) is 6.17. The second-order valence-electron chi connectivity index (χ2n) is 5.33. The van der Waals surface area contributed by atoms with E-state index in [1.807, 2.05) is 30.3 Å². The number of thiazole rings is 1. The van der Waals surface area contributed by atoms with Crippen molar-refractivity contribution in [1.29, 1.82) is 0 Å². The number of rotatable bonds is 5. The molecule has 1 aliphatic rings. The highest BCUT2D eigenvalue weighted by atomic mass is 35.5. The molecule has 1 saturated heterocycles. The molecule has 0 radical (unpaired) electrons. The molecular weight excluding hydrogens is 350 g/mol. The first-order valence-electron chi connectivity index (χ1n) is 7.61. The lowest BCUT2D eigenvalue weighted by Crippen LogP contribution is -2.42. The van der Waals surface area contributed by atoms with Crippen molar-refractivity contribution in [2.75, 3.05) is 6.54 Å². The number of hydrogen-bond acceptors (Lipinski definition) is 5. The van der Waals surface area contributed by atoms with Gasteiger partial charge in [-0.2, -0.15) is 0 Å². The van der Waals surface area contributed by atoms with E-state index in [0.29, 0.717) is 11.7 Å². The molecule has 4 nitrogen and oxygen atoms in total. The molecule has 2 aromatic rings. The Morgan fingerprint density at radius 3 is 3.00 bits per heavy atom.